The van der Waals surface area contributed by atoms with Gasteiger partial charge in [-0.05, 0) is 18.1 Å². The second-order valence-electron chi connectivity index (χ2n) is 4.07. The minimum absolute atomic E-state index is 0.0606. The largest absolute Gasteiger partial charge is 0.478 e. The number of hydrogen-bond donors (Lipinski definition) is 1. The molecule has 5 nitrogen and oxygen atoms in total. The number of thioether (sulfide) groups is 1. The van der Waals surface area contributed by atoms with E-state index in [-0.39, 0.29) is 11.3 Å². The Hall–Kier alpha value is -1.56. The molecule has 0 aliphatic heterocycles. The normalized spacial score (nSPS) is 12.1. The molecule has 1 unspecified atom stereocenters. The lowest BCUT2D eigenvalue weighted by Crippen LogP contribution is -2.01. The van der Waals surface area contributed by atoms with Crippen molar-refractivity contribution < 1.29 is 14.8 Å². The van der Waals surface area contributed by atoms with Crippen LogP contribution in [0.4, 0.5) is 5.69 Å². The van der Waals surface area contributed by atoms with E-state index in [2.05, 4.69) is 13.8 Å². The predicted molar refractivity (Wildman–Crippen MR) is 70.2 cm³/mol. The summed E-state index contributed by atoms with van der Waals surface area (Å²) in [6, 6.07) is 4.02. The van der Waals surface area contributed by atoms with Crippen LogP contribution in [0.2, 0.25) is 0 Å². The molecule has 6 heteroatoms. The minimum atomic E-state index is -1.16. The number of nitro groups is 1. The summed E-state index contributed by atoms with van der Waals surface area (Å²) in [5.74, 6) is 0.0920. The van der Waals surface area contributed by atoms with Crippen LogP contribution < -0.4 is 0 Å². The highest BCUT2D eigenvalue weighted by atomic mass is 32.2. The van der Waals surface area contributed by atoms with Gasteiger partial charge in [0, 0.05) is 11.8 Å². The van der Waals surface area contributed by atoms with Gasteiger partial charge in [0.2, 0.25) is 0 Å². The molecule has 0 bridgehead atoms. The number of carboxylic acid groups (broad SMARTS) is 1. The lowest BCUT2D eigenvalue weighted by Gasteiger charge is -2.08. The average Bonchev–Trinajstić information content (AvgIpc) is 2.35. The van der Waals surface area contributed by atoms with E-state index >= 15 is 0 Å². The van der Waals surface area contributed by atoms with Crippen molar-refractivity contribution in [2.24, 2.45) is 5.92 Å². The number of carboxylic acids is 1. The minimum Gasteiger partial charge on any atom is -0.478 e. The number of nitro benzene ring substituents is 1. The Morgan fingerprint density at radius 3 is 2.72 bits per heavy atom. The molecule has 18 heavy (non-hydrogen) atoms. The molecule has 0 amide bonds. The van der Waals surface area contributed by atoms with Gasteiger partial charge in [-0.15, -0.1) is 11.8 Å². The summed E-state index contributed by atoms with van der Waals surface area (Å²) < 4.78 is 0. The number of nitrogens with zero attached hydrogens (tertiary/aromatic N) is 1. The predicted octanol–water partition coefficient (Wildman–Crippen LogP) is 3.43. The number of hydrogen-bond acceptors (Lipinski definition) is 4. The van der Waals surface area contributed by atoms with Crippen molar-refractivity contribution in [2.45, 2.75) is 25.2 Å². The standard InChI is InChI=1S/C12H15NO4S/c1-3-8(2)7-18-11-5-4-9(12(14)15)6-10(11)13(16)17/h4-6,8H,3,7H2,1-2H3,(H,14,15). The van der Waals surface area contributed by atoms with E-state index in [1.807, 2.05) is 0 Å². The smallest absolute Gasteiger partial charge is 0.335 e. The van der Waals surface area contributed by atoms with Gasteiger partial charge in [0.1, 0.15) is 0 Å². The van der Waals surface area contributed by atoms with Crippen LogP contribution in [0.25, 0.3) is 0 Å². The lowest BCUT2D eigenvalue weighted by atomic mass is 10.2. The number of benzene rings is 1. The van der Waals surface area contributed by atoms with Crippen molar-refractivity contribution in [2.75, 3.05) is 5.75 Å². The van der Waals surface area contributed by atoms with Gasteiger partial charge in [-0.25, -0.2) is 4.79 Å². The molecule has 1 N–H and O–H groups in total. The zero-order valence-corrected chi connectivity index (χ0v) is 11.1. The third-order valence-electron chi connectivity index (χ3n) is 2.62. The molecular formula is C12H15NO4S. The first kappa shape index (κ1) is 14.5. The molecule has 1 aromatic carbocycles. The summed E-state index contributed by atoms with van der Waals surface area (Å²) in [7, 11) is 0. The molecule has 1 rings (SSSR count). The van der Waals surface area contributed by atoms with Crippen LogP contribution in [0.5, 0.6) is 0 Å². The van der Waals surface area contributed by atoms with Crippen molar-refractivity contribution in [3.63, 3.8) is 0 Å². The fourth-order valence-electron chi connectivity index (χ4n) is 1.27. The fraction of sp³-hybridized carbons (Fsp3) is 0.417. The van der Waals surface area contributed by atoms with Crippen LogP contribution in [0, 0.1) is 16.0 Å². The van der Waals surface area contributed by atoms with Crippen LogP contribution in [0.3, 0.4) is 0 Å². The molecule has 0 aromatic heterocycles. The van der Waals surface area contributed by atoms with E-state index in [0.717, 1.165) is 18.2 Å². The molecule has 1 aromatic rings. The van der Waals surface area contributed by atoms with Crippen LogP contribution in [0.15, 0.2) is 23.1 Å². The van der Waals surface area contributed by atoms with E-state index in [1.54, 1.807) is 0 Å². The average molecular weight is 269 g/mol. The first-order valence-electron chi connectivity index (χ1n) is 5.60. The Kier molecular flexibility index (Phi) is 5.15. The van der Waals surface area contributed by atoms with Crippen molar-refractivity contribution in [3.05, 3.63) is 33.9 Å². The number of carbonyl (C=O) groups is 1. The molecular weight excluding hydrogens is 254 g/mol. The maximum Gasteiger partial charge on any atom is 0.335 e. The van der Waals surface area contributed by atoms with Gasteiger partial charge in [0.05, 0.1) is 15.4 Å². The Balaban J connectivity index is 2.97. The summed E-state index contributed by atoms with van der Waals surface area (Å²) in [6.07, 6.45) is 1.01. The van der Waals surface area contributed by atoms with E-state index < -0.39 is 10.9 Å². The van der Waals surface area contributed by atoms with Crippen molar-refractivity contribution in [1.29, 1.82) is 0 Å². The number of rotatable bonds is 6. The highest BCUT2D eigenvalue weighted by Crippen LogP contribution is 2.31. The summed E-state index contributed by atoms with van der Waals surface area (Å²) in [4.78, 5) is 21.7. The molecule has 0 aliphatic carbocycles. The quantitative estimate of drug-likeness (QED) is 0.486. The van der Waals surface area contributed by atoms with Gasteiger partial charge in [0.15, 0.2) is 0 Å². The van der Waals surface area contributed by atoms with E-state index in [1.165, 1.54) is 23.9 Å². The van der Waals surface area contributed by atoms with Crippen molar-refractivity contribution >= 4 is 23.4 Å². The zero-order chi connectivity index (χ0) is 13.7. The molecule has 0 aliphatic rings. The van der Waals surface area contributed by atoms with E-state index in [4.69, 9.17) is 5.11 Å². The Morgan fingerprint density at radius 2 is 2.22 bits per heavy atom. The first-order valence-corrected chi connectivity index (χ1v) is 6.58. The second-order valence-corrected chi connectivity index (χ2v) is 5.13. The SMILES string of the molecule is CCC(C)CSc1ccc(C(=O)O)cc1[N+](=O)[O-]. The maximum absolute atomic E-state index is 10.9. The Bertz CT molecular complexity index is 461. The third kappa shape index (κ3) is 3.73. The van der Waals surface area contributed by atoms with Gasteiger partial charge in [-0.1, -0.05) is 20.3 Å². The zero-order valence-electron chi connectivity index (χ0n) is 10.3. The lowest BCUT2D eigenvalue weighted by molar-refractivity contribution is -0.387. The fourth-order valence-corrected chi connectivity index (χ4v) is 2.41. The summed E-state index contributed by atoms with van der Waals surface area (Å²) in [6.45, 7) is 4.14. The van der Waals surface area contributed by atoms with Gasteiger partial charge in [-0.3, -0.25) is 10.1 Å². The Morgan fingerprint density at radius 1 is 1.56 bits per heavy atom. The van der Waals surface area contributed by atoms with Crippen LogP contribution >= 0.6 is 11.8 Å². The van der Waals surface area contributed by atoms with E-state index in [0.29, 0.717) is 10.8 Å². The molecule has 0 fully saturated rings. The van der Waals surface area contributed by atoms with Crippen LogP contribution in [-0.2, 0) is 0 Å². The molecule has 0 heterocycles. The molecule has 0 saturated carbocycles. The molecule has 0 spiro atoms. The Labute approximate surface area is 109 Å². The third-order valence-corrected chi connectivity index (χ3v) is 4.01. The summed E-state index contributed by atoms with van der Waals surface area (Å²) in [5, 5.41) is 19.7. The first-order chi connectivity index (χ1) is 8.45. The monoisotopic (exact) mass is 269 g/mol. The van der Waals surface area contributed by atoms with Gasteiger partial charge >= 0.3 is 5.97 Å². The maximum atomic E-state index is 10.9. The number of aromatic carboxylic acids is 1. The van der Waals surface area contributed by atoms with E-state index in [9.17, 15) is 14.9 Å². The highest BCUT2D eigenvalue weighted by Gasteiger charge is 2.18. The van der Waals surface area contributed by atoms with Gasteiger partial charge in [0.25, 0.3) is 5.69 Å². The van der Waals surface area contributed by atoms with Crippen LogP contribution in [0.1, 0.15) is 30.6 Å². The summed E-state index contributed by atoms with van der Waals surface area (Å²) in [5.41, 5.74) is -0.196. The molecule has 98 valence electrons. The highest BCUT2D eigenvalue weighted by molar-refractivity contribution is 7.99. The molecule has 0 radical (unpaired) electrons. The van der Waals surface area contributed by atoms with Crippen LogP contribution in [-0.4, -0.2) is 21.8 Å². The summed E-state index contributed by atoms with van der Waals surface area (Å²) >= 11 is 1.39. The van der Waals surface area contributed by atoms with Crippen molar-refractivity contribution in [1.82, 2.24) is 0 Å². The second kappa shape index (κ2) is 6.39. The molecule has 0 saturated heterocycles. The van der Waals surface area contributed by atoms with Crippen molar-refractivity contribution in [3.8, 4) is 0 Å². The molecule has 1 atom stereocenters. The topological polar surface area (TPSA) is 80.4 Å². The van der Waals surface area contributed by atoms with Gasteiger partial charge in [-0.2, -0.15) is 0 Å². The van der Waals surface area contributed by atoms with Gasteiger partial charge < -0.3 is 5.11 Å².